The third kappa shape index (κ3) is 4.38. The molecular formula is C9H22N2. The van der Waals surface area contributed by atoms with Gasteiger partial charge in [-0.25, -0.2) is 0 Å². The Morgan fingerprint density at radius 3 is 1.91 bits per heavy atom. The Morgan fingerprint density at radius 1 is 1.09 bits per heavy atom. The number of nitrogens with two attached hydrogens (primary N) is 1. The van der Waals surface area contributed by atoms with E-state index in [0.29, 0.717) is 6.04 Å². The second kappa shape index (κ2) is 6.62. The number of hydrogen-bond donors (Lipinski definition) is 2. The number of rotatable bonds is 1. The van der Waals surface area contributed by atoms with Crippen LogP contribution < -0.4 is 11.1 Å². The summed E-state index contributed by atoms with van der Waals surface area (Å²) < 4.78 is 0. The van der Waals surface area contributed by atoms with Crippen molar-refractivity contribution in [1.29, 1.82) is 0 Å². The molecular weight excluding hydrogens is 136 g/mol. The molecule has 1 aliphatic carbocycles. The minimum atomic E-state index is 0.481. The molecule has 0 aromatic rings. The van der Waals surface area contributed by atoms with Crippen LogP contribution in [0.1, 0.15) is 39.5 Å². The average molecular weight is 158 g/mol. The minimum Gasteiger partial charge on any atom is -0.328 e. The van der Waals surface area contributed by atoms with Crippen LogP contribution in [0.5, 0.6) is 0 Å². The molecule has 0 atom stereocenters. The Labute approximate surface area is 70.5 Å². The summed E-state index contributed by atoms with van der Waals surface area (Å²) in [6, 6.07) is 1.22. The van der Waals surface area contributed by atoms with Gasteiger partial charge in [0, 0.05) is 12.1 Å². The van der Waals surface area contributed by atoms with Gasteiger partial charge in [0.25, 0.3) is 0 Å². The fourth-order valence-electron chi connectivity index (χ4n) is 1.41. The van der Waals surface area contributed by atoms with E-state index in [4.69, 9.17) is 5.73 Å². The van der Waals surface area contributed by atoms with Crippen molar-refractivity contribution >= 4 is 0 Å². The van der Waals surface area contributed by atoms with Gasteiger partial charge in [0.2, 0.25) is 0 Å². The van der Waals surface area contributed by atoms with E-state index in [9.17, 15) is 0 Å². The smallest absolute Gasteiger partial charge is 0.00652 e. The van der Waals surface area contributed by atoms with Crippen molar-refractivity contribution in [3.05, 3.63) is 0 Å². The molecule has 0 heterocycles. The number of nitrogens with one attached hydrogen (secondary N) is 1. The lowest BCUT2D eigenvalue weighted by Gasteiger charge is -2.25. The van der Waals surface area contributed by atoms with E-state index in [1.165, 1.54) is 25.7 Å². The molecule has 68 valence electrons. The first-order valence-corrected chi connectivity index (χ1v) is 4.76. The fourth-order valence-corrected chi connectivity index (χ4v) is 1.41. The van der Waals surface area contributed by atoms with E-state index in [1.54, 1.807) is 0 Å². The van der Waals surface area contributed by atoms with Crippen LogP contribution in [-0.2, 0) is 0 Å². The highest BCUT2D eigenvalue weighted by molar-refractivity contribution is 4.77. The molecule has 2 nitrogen and oxygen atoms in total. The maximum absolute atomic E-state index is 5.72. The van der Waals surface area contributed by atoms with Gasteiger partial charge in [0.1, 0.15) is 0 Å². The molecule has 1 saturated carbocycles. The lowest BCUT2D eigenvalue weighted by Crippen LogP contribution is -2.35. The second-order valence-electron chi connectivity index (χ2n) is 2.90. The normalized spacial score (nSPS) is 30.5. The fraction of sp³-hybridized carbons (Fsp3) is 1.00. The molecule has 0 radical (unpaired) electrons. The highest BCUT2D eigenvalue weighted by Gasteiger charge is 2.15. The summed E-state index contributed by atoms with van der Waals surface area (Å²) in [5, 5.41) is 3.27. The Kier molecular flexibility index (Phi) is 6.57. The zero-order valence-electron chi connectivity index (χ0n) is 8.06. The van der Waals surface area contributed by atoms with Crippen LogP contribution in [0.25, 0.3) is 0 Å². The Balaban J connectivity index is 0.000000461. The number of hydrogen-bond acceptors (Lipinski definition) is 2. The molecule has 1 aliphatic rings. The first kappa shape index (κ1) is 10.9. The van der Waals surface area contributed by atoms with Crippen LogP contribution >= 0.6 is 0 Å². The summed E-state index contributed by atoms with van der Waals surface area (Å²) in [5.74, 6) is 0. The van der Waals surface area contributed by atoms with Crippen molar-refractivity contribution in [1.82, 2.24) is 5.32 Å². The molecule has 0 aromatic heterocycles. The van der Waals surface area contributed by atoms with E-state index >= 15 is 0 Å². The molecule has 0 spiro atoms. The van der Waals surface area contributed by atoms with Crippen LogP contribution in [0.3, 0.4) is 0 Å². The van der Waals surface area contributed by atoms with E-state index in [1.807, 2.05) is 20.9 Å². The lowest BCUT2D eigenvalue weighted by molar-refractivity contribution is 0.358. The van der Waals surface area contributed by atoms with E-state index in [0.717, 1.165) is 6.04 Å². The van der Waals surface area contributed by atoms with E-state index < -0.39 is 0 Å². The first-order chi connectivity index (χ1) is 5.33. The largest absolute Gasteiger partial charge is 0.328 e. The monoisotopic (exact) mass is 158 g/mol. The lowest BCUT2D eigenvalue weighted by atomic mass is 9.92. The average Bonchev–Trinajstić information content (AvgIpc) is 2.10. The van der Waals surface area contributed by atoms with Gasteiger partial charge in [0.05, 0.1) is 0 Å². The van der Waals surface area contributed by atoms with Gasteiger partial charge in [-0.1, -0.05) is 13.8 Å². The third-order valence-corrected chi connectivity index (χ3v) is 2.18. The molecule has 0 bridgehead atoms. The summed E-state index contributed by atoms with van der Waals surface area (Å²) in [7, 11) is 2.03. The standard InChI is InChI=1S/C7H16N2.C2H6/c1-9-7-4-2-6(8)3-5-7;1-2/h6-7,9H,2-5,8H2,1H3;1-2H3. The van der Waals surface area contributed by atoms with Crippen LogP contribution in [0, 0.1) is 0 Å². The van der Waals surface area contributed by atoms with Gasteiger partial charge in [-0.05, 0) is 32.7 Å². The molecule has 3 N–H and O–H groups in total. The molecule has 0 amide bonds. The molecule has 0 unspecified atom stereocenters. The molecule has 2 heteroatoms. The van der Waals surface area contributed by atoms with Crippen molar-refractivity contribution in [3.8, 4) is 0 Å². The highest BCUT2D eigenvalue weighted by Crippen LogP contribution is 2.15. The molecule has 0 aliphatic heterocycles. The minimum absolute atomic E-state index is 0.481. The summed E-state index contributed by atoms with van der Waals surface area (Å²) in [4.78, 5) is 0. The zero-order valence-corrected chi connectivity index (χ0v) is 8.06. The SMILES string of the molecule is CC.CNC1CCC(N)CC1. The Bertz CT molecular complexity index is 75.6. The first-order valence-electron chi connectivity index (χ1n) is 4.76. The van der Waals surface area contributed by atoms with Gasteiger partial charge >= 0.3 is 0 Å². The van der Waals surface area contributed by atoms with Gasteiger partial charge in [-0.3, -0.25) is 0 Å². The van der Waals surface area contributed by atoms with Crippen molar-refractivity contribution in [2.24, 2.45) is 5.73 Å². The summed E-state index contributed by atoms with van der Waals surface area (Å²) in [5.41, 5.74) is 5.72. The molecule has 11 heavy (non-hydrogen) atoms. The van der Waals surface area contributed by atoms with Gasteiger partial charge < -0.3 is 11.1 Å². The molecule has 1 rings (SSSR count). The van der Waals surface area contributed by atoms with Gasteiger partial charge in [0.15, 0.2) is 0 Å². The summed E-state index contributed by atoms with van der Waals surface area (Å²) in [6.45, 7) is 4.00. The van der Waals surface area contributed by atoms with Crippen molar-refractivity contribution in [3.63, 3.8) is 0 Å². The molecule has 0 aromatic carbocycles. The van der Waals surface area contributed by atoms with Crippen LogP contribution in [0.2, 0.25) is 0 Å². The zero-order chi connectivity index (χ0) is 8.69. The van der Waals surface area contributed by atoms with Crippen molar-refractivity contribution < 1.29 is 0 Å². The summed E-state index contributed by atoms with van der Waals surface area (Å²) >= 11 is 0. The predicted octanol–water partition coefficient (Wildman–Crippen LogP) is 1.50. The quantitative estimate of drug-likeness (QED) is 0.607. The second-order valence-corrected chi connectivity index (χ2v) is 2.90. The predicted molar refractivity (Wildman–Crippen MR) is 50.6 cm³/mol. The van der Waals surface area contributed by atoms with Gasteiger partial charge in [-0.2, -0.15) is 0 Å². The summed E-state index contributed by atoms with van der Waals surface area (Å²) in [6.07, 6.45) is 4.92. The molecule has 0 saturated heterocycles. The maximum atomic E-state index is 5.72. The third-order valence-electron chi connectivity index (χ3n) is 2.18. The van der Waals surface area contributed by atoms with E-state index in [-0.39, 0.29) is 0 Å². The van der Waals surface area contributed by atoms with Crippen molar-refractivity contribution in [2.45, 2.75) is 51.6 Å². The van der Waals surface area contributed by atoms with Crippen LogP contribution in [-0.4, -0.2) is 19.1 Å². The van der Waals surface area contributed by atoms with Crippen LogP contribution in [0.4, 0.5) is 0 Å². The topological polar surface area (TPSA) is 38.0 Å². The Hall–Kier alpha value is -0.0800. The highest BCUT2D eigenvalue weighted by atomic mass is 14.9. The maximum Gasteiger partial charge on any atom is 0.00652 e. The van der Waals surface area contributed by atoms with Gasteiger partial charge in [-0.15, -0.1) is 0 Å². The molecule has 1 fully saturated rings. The van der Waals surface area contributed by atoms with E-state index in [2.05, 4.69) is 5.32 Å². The van der Waals surface area contributed by atoms with Crippen LogP contribution in [0.15, 0.2) is 0 Å². The Morgan fingerprint density at radius 2 is 1.55 bits per heavy atom. The van der Waals surface area contributed by atoms with Crippen molar-refractivity contribution in [2.75, 3.05) is 7.05 Å².